The Morgan fingerprint density at radius 3 is 2.81 bits per heavy atom. The summed E-state index contributed by atoms with van der Waals surface area (Å²) in [6, 6.07) is 11.7. The molecule has 1 aromatic carbocycles. The van der Waals surface area contributed by atoms with Gasteiger partial charge in [0.05, 0.1) is 11.1 Å². The minimum atomic E-state index is 0.0453. The van der Waals surface area contributed by atoms with Gasteiger partial charge in [0.25, 0.3) is 5.91 Å². The summed E-state index contributed by atoms with van der Waals surface area (Å²) in [6.07, 6.45) is 4.38. The van der Waals surface area contributed by atoms with Gasteiger partial charge in [0, 0.05) is 44.0 Å². The number of carbonyl (C=O) groups excluding carboxylic acids is 1. The summed E-state index contributed by atoms with van der Waals surface area (Å²) in [5.74, 6) is 1.74. The molecule has 0 aliphatic carbocycles. The topological polar surface area (TPSA) is 62.2 Å². The van der Waals surface area contributed by atoms with Crippen LogP contribution >= 0.6 is 0 Å². The fourth-order valence-electron chi connectivity index (χ4n) is 3.34. The minimum Gasteiger partial charge on any atom is -0.355 e. The number of pyridine rings is 1. The molecular weight excluding hydrogens is 326 g/mol. The van der Waals surface area contributed by atoms with E-state index in [4.69, 9.17) is 0 Å². The van der Waals surface area contributed by atoms with E-state index in [0.717, 1.165) is 48.6 Å². The van der Waals surface area contributed by atoms with E-state index in [9.17, 15) is 4.79 Å². The standard InChI is InChI=1S/C20H21N5O/c1-15-21-8-7-19(23-15)24-9-4-10-25(12-11-24)20(26)17-13-16-5-2-3-6-18(16)22-14-17/h2-3,5-8,13-14H,4,9-12H2,1H3. The number of aryl methyl sites for hydroxylation is 1. The molecule has 1 aliphatic heterocycles. The first-order valence-corrected chi connectivity index (χ1v) is 8.89. The Balaban J connectivity index is 1.50. The molecule has 0 unspecified atom stereocenters. The third-order valence-electron chi connectivity index (χ3n) is 4.71. The number of amides is 1. The van der Waals surface area contributed by atoms with Crippen molar-refractivity contribution in [3.05, 3.63) is 60.2 Å². The van der Waals surface area contributed by atoms with Crippen molar-refractivity contribution < 1.29 is 4.79 Å². The Kier molecular flexibility index (Phi) is 4.48. The maximum atomic E-state index is 12.9. The number of hydrogen-bond acceptors (Lipinski definition) is 5. The Hall–Kier alpha value is -3.02. The van der Waals surface area contributed by atoms with Crippen molar-refractivity contribution in [3.63, 3.8) is 0 Å². The van der Waals surface area contributed by atoms with Crippen LogP contribution in [0.5, 0.6) is 0 Å². The summed E-state index contributed by atoms with van der Waals surface area (Å²) in [4.78, 5) is 30.2. The molecule has 3 heterocycles. The van der Waals surface area contributed by atoms with E-state index in [1.807, 2.05) is 48.2 Å². The predicted molar refractivity (Wildman–Crippen MR) is 101 cm³/mol. The molecule has 2 aromatic heterocycles. The van der Waals surface area contributed by atoms with Crippen LogP contribution in [-0.4, -0.2) is 51.9 Å². The van der Waals surface area contributed by atoms with E-state index in [1.165, 1.54) is 0 Å². The zero-order chi connectivity index (χ0) is 17.9. The van der Waals surface area contributed by atoms with Gasteiger partial charge >= 0.3 is 0 Å². The third-order valence-corrected chi connectivity index (χ3v) is 4.71. The van der Waals surface area contributed by atoms with Gasteiger partial charge in [0.2, 0.25) is 0 Å². The molecule has 6 heteroatoms. The summed E-state index contributed by atoms with van der Waals surface area (Å²) in [7, 11) is 0. The monoisotopic (exact) mass is 347 g/mol. The highest BCUT2D eigenvalue weighted by Crippen LogP contribution is 2.17. The van der Waals surface area contributed by atoms with Gasteiger partial charge in [-0.25, -0.2) is 9.97 Å². The first-order chi connectivity index (χ1) is 12.7. The summed E-state index contributed by atoms with van der Waals surface area (Å²) < 4.78 is 0. The SMILES string of the molecule is Cc1nccc(N2CCCN(C(=O)c3cnc4ccccc4c3)CC2)n1. The number of para-hydroxylation sites is 1. The molecule has 4 rings (SSSR count). The molecule has 6 nitrogen and oxygen atoms in total. The second-order valence-electron chi connectivity index (χ2n) is 6.51. The van der Waals surface area contributed by atoms with Crippen molar-refractivity contribution in [1.82, 2.24) is 19.9 Å². The van der Waals surface area contributed by atoms with Crippen molar-refractivity contribution >= 4 is 22.6 Å². The lowest BCUT2D eigenvalue weighted by molar-refractivity contribution is 0.0767. The molecule has 1 aliphatic rings. The molecule has 3 aromatic rings. The van der Waals surface area contributed by atoms with Gasteiger partial charge in [-0.15, -0.1) is 0 Å². The van der Waals surface area contributed by atoms with E-state index in [2.05, 4.69) is 19.9 Å². The summed E-state index contributed by atoms with van der Waals surface area (Å²) >= 11 is 0. The Bertz CT molecular complexity index is 942. The molecule has 0 radical (unpaired) electrons. The molecule has 1 saturated heterocycles. The Labute approximate surface area is 152 Å². The molecule has 26 heavy (non-hydrogen) atoms. The van der Waals surface area contributed by atoms with Gasteiger partial charge in [-0.3, -0.25) is 9.78 Å². The summed E-state index contributed by atoms with van der Waals surface area (Å²) in [5, 5.41) is 0.992. The lowest BCUT2D eigenvalue weighted by Gasteiger charge is -2.23. The first-order valence-electron chi connectivity index (χ1n) is 8.89. The molecule has 132 valence electrons. The van der Waals surface area contributed by atoms with Crippen LogP contribution in [0.25, 0.3) is 10.9 Å². The minimum absolute atomic E-state index is 0.0453. The lowest BCUT2D eigenvalue weighted by atomic mass is 10.1. The number of anilines is 1. The predicted octanol–water partition coefficient (Wildman–Crippen LogP) is 2.69. The number of fused-ring (bicyclic) bond motifs is 1. The van der Waals surface area contributed by atoms with Crippen molar-refractivity contribution in [2.45, 2.75) is 13.3 Å². The van der Waals surface area contributed by atoms with E-state index < -0.39 is 0 Å². The molecule has 0 bridgehead atoms. The highest BCUT2D eigenvalue weighted by molar-refractivity contribution is 5.97. The average molecular weight is 347 g/mol. The fraction of sp³-hybridized carbons (Fsp3) is 0.300. The van der Waals surface area contributed by atoms with Crippen molar-refractivity contribution in [2.75, 3.05) is 31.1 Å². The van der Waals surface area contributed by atoms with Crippen LogP contribution in [0.3, 0.4) is 0 Å². The highest BCUT2D eigenvalue weighted by atomic mass is 16.2. The Morgan fingerprint density at radius 1 is 1.04 bits per heavy atom. The van der Waals surface area contributed by atoms with Crippen LogP contribution in [-0.2, 0) is 0 Å². The Morgan fingerprint density at radius 2 is 1.92 bits per heavy atom. The average Bonchev–Trinajstić information content (AvgIpc) is 2.93. The van der Waals surface area contributed by atoms with Crippen LogP contribution in [0.1, 0.15) is 22.6 Å². The number of hydrogen-bond donors (Lipinski definition) is 0. The van der Waals surface area contributed by atoms with Gasteiger partial charge in [0.15, 0.2) is 0 Å². The number of benzene rings is 1. The molecule has 0 N–H and O–H groups in total. The van der Waals surface area contributed by atoms with E-state index in [0.29, 0.717) is 12.1 Å². The van der Waals surface area contributed by atoms with Crippen LogP contribution in [0, 0.1) is 6.92 Å². The number of nitrogens with zero attached hydrogens (tertiary/aromatic N) is 5. The van der Waals surface area contributed by atoms with Gasteiger partial charge in [-0.1, -0.05) is 18.2 Å². The summed E-state index contributed by atoms with van der Waals surface area (Å²) in [5.41, 5.74) is 1.56. The molecule has 0 spiro atoms. The van der Waals surface area contributed by atoms with Crippen LogP contribution in [0.2, 0.25) is 0 Å². The van der Waals surface area contributed by atoms with E-state index in [-0.39, 0.29) is 5.91 Å². The molecule has 0 atom stereocenters. The second kappa shape index (κ2) is 7.07. The molecule has 1 fully saturated rings. The first kappa shape index (κ1) is 16.4. The number of aromatic nitrogens is 3. The maximum Gasteiger partial charge on any atom is 0.255 e. The number of carbonyl (C=O) groups is 1. The third kappa shape index (κ3) is 3.35. The highest BCUT2D eigenvalue weighted by Gasteiger charge is 2.21. The zero-order valence-electron chi connectivity index (χ0n) is 14.8. The quantitative estimate of drug-likeness (QED) is 0.713. The van der Waals surface area contributed by atoms with Gasteiger partial charge in [-0.2, -0.15) is 0 Å². The normalized spacial score (nSPS) is 15.1. The molecule has 0 saturated carbocycles. The smallest absolute Gasteiger partial charge is 0.255 e. The van der Waals surface area contributed by atoms with Crippen LogP contribution in [0.15, 0.2) is 48.8 Å². The lowest BCUT2D eigenvalue weighted by Crippen LogP contribution is -2.35. The fourth-order valence-corrected chi connectivity index (χ4v) is 3.34. The number of rotatable bonds is 2. The molecular formula is C20H21N5O. The largest absolute Gasteiger partial charge is 0.355 e. The zero-order valence-corrected chi connectivity index (χ0v) is 14.8. The summed E-state index contributed by atoms with van der Waals surface area (Å²) in [6.45, 7) is 4.96. The van der Waals surface area contributed by atoms with Gasteiger partial charge < -0.3 is 9.80 Å². The van der Waals surface area contributed by atoms with Crippen molar-refractivity contribution in [1.29, 1.82) is 0 Å². The van der Waals surface area contributed by atoms with E-state index in [1.54, 1.807) is 12.4 Å². The molecule has 1 amide bonds. The maximum absolute atomic E-state index is 12.9. The van der Waals surface area contributed by atoms with Crippen LogP contribution in [0.4, 0.5) is 5.82 Å². The van der Waals surface area contributed by atoms with Gasteiger partial charge in [0.1, 0.15) is 11.6 Å². The van der Waals surface area contributed by atoms with Crippen LogP contribution < -0.4 is 4.90 Å². The van der Waals surface area contributed by atoms with Gasteiger partial charge in [-0.05, 0) is 31.5 Å². The van der Waals surface area contributed by atoms with E-state index >= 15 is 0 Å². The second-order valence-corrected chi connectivity index (χ2v) is 6.51. The van der Waals surface area contributed by atoms with Crippen molar-refractivity contribution in [3.8, 4) is 0 Å². The van der Waals surface area contributed by atoms with Crippen molar-refractivity contribution in [2.24, 2.45) is 0 Å².